The van der Waals surface area contributed by atoms with Gasteiger partial charge in [-0.2, -0.15) is 0 Å². The quantitative estimate of drug-likeness (QED) is 0.761. The number of anilines is 1. The number of nitrogens with zero attached hydrogens (tertiary/aromatic N) is 1. The highest BCUT2D eigenvalue weighted by atomic mass is 32.1. The molecule has 0 atom stereocenters. The summed E-state index contributed by atoms with van der Waals surface area (Å²) in [6.07, 6.45) is 2.47. The van der Waals surface area contributed by atoms with E-state index >= 15 is 0 Å². The number of carbonyl (C=O) groups excluding carboxylic acids is 1. The van der Waals surface area contributed by atoms with Gasteiger partial charge in [0.25, 0.3) is 0 Å². The highest BCUT2D eigenvalue weighted by molar-refractivity contribution is 7.13. The lowest BCUT2D eigenvalue weighted by Crippen LogP contribution is -2.32. The minimum absolute atomic E-state index is 0.253. The van der Waals surface area contributed by atoms with Gasteiger partial charge in [0.05, 0.1) is 12.8 Å². The summed E-state index contributed by atoms with van der Waals surface area (Å²) >= 11 is 1.19. The van der Waals surface area contributed by atoms with Crippen molar-refractivity contribution >= 4 is 35.2 Å². The Labute approximate surface area is 95.6 Å². The van der Waals surface area contributed by atoms with Crippen LogP contribution in [-0.2, 0) is 4.74 Å². The Bertz CT molecular complexity index is 477. The molecular weight excluding hydrogens is 230 g/mol. The van der Waals surface area contributed by atoms with Gasteiger partial charge < -0.3 is 9.84 Å². The number of amides is 1. The van der Waals surface area contributed by atoms with Crippen molar-refractivity contribution < 1.29 is 19.4 Å². The van der Waals surface area contributed by atoms with E-state index in [9.17, 15) is 9.59 Å². The SMILES string of the molecule is COC(=O)c1scc2c1N(C(=O)O)CC=C2. The molecule has 0 saturated heterocycles. The number of thiophene rings is 1. The molecule has 0 radical (unpaired) electrons. The molecular formula is C10H9NO4S. The van der Waals surface area contributed by atoms with E-state index in [1.165, 1.54) is 18.4 Å². The predicted molar refractivity (Wildman–Crippen MR) is 60.1 cm³/mol. The third-order valence-electron chi connectivity index (χ3n) is 2.25. The first-order valence-corrected chi connectivity index (χ1v) is 5.40. The van der Waals surface area contributed by atoms with Crippen LogP contribution in [0.25, 0.3) is 6.08 Å². The van der Waals surface area contributed by atoms with Gasteiger partial charge >= 0.3 is 12.1 Å². The van der Waals surface area contributed by atoms with Gasteiger partial charge in [0, 0.05) is 17.5 Å². The number of fused-ring (bicyclic) bond motifs is 1. The summed E-state index contributed by atoms with van der Waals surface area (Å²) in [4.78, 5) is 23.9. The number of carboxylic acid groups (broad SMARTS) is 1. The lowest BCUT2D eigenvalue weighted by atomic mass is 10.1. The second kappa shape index (κ2) is 3.97. The lowest BCUT2D eigenvalue weighted by molar-refractivity contribution is 0.0607. The van der Waals surface area contributed by atoms with Crippen LogP contribution < -0.4 is 4.90 Å². The molecule has 1 aromatic rings. The third-order valence-corrected chi connectivity index (χ3v) is 3.22. The Hall–Kier alpha value is -1.82. The van der Waals surface area contributed by atoms with E-state index in [0.29, 0.717) is 10.6 Å². The fraction of sp³-hybridized carbons (Fsp3) is 0.200. The van der Waals surface area contributed by atoms with Crippen molar-refractivity contribution in [1.29, 1.82) is 0 Å². The van der Waals surface area contributed by atoms with Crippen molar-refractivity contribution in [1.82, 2.24) is 0 Å². The molecule has 0 spiro atoms. The van der Waals surface area contributed by atoms with Crippen LogP contribution >= 0.6 is 11.3 Å². The molecule has 6 heteroatoms. The molecule has 1 N–H and O–H groups in total. The van der Waals surface area contributed by atoms with Crippen LogP contribution in [-0.4, -0.2) is 30.8 Å². The Kier molecular flexibility index (Phi) is 2.66. The number of hydrogen-bond donors (Lipinski definition) is 1. The topological polar surface area (TPSA) is 66.8 Å². The molecule has 0 unspecified atom stereocenters. The van der Waals surface area contributed by atoms with Crippen molar-refractivity contribution in [3.05, 3.63) is 21.9 Å². The van der Waals surface area contributed by atoms with Crippen LogP contribution in [0.4, 0.5) is 10.5 Å². The molecule has 84 valence electrons. The maximum absolute atomic E-state index is 11.5. The van der Waals surface area contributed by atoms with Crippen molar-refractivity contribution in [2.75, 3.05) is 18.6 Å². The molecule has 1 aliphatic rings. The summed E-state index contributed by atoms with van der Waals surface area (Å²) in [6, 6.07) is 0. The zero-order valence-corrected chi connectivity index (χ0v) is 9.28. The van der Waals surface area contributed by atoms with Crippen molar-refractivity contribution in [2.45, 2.75) is 0 Å². The van der Waals surface area contributed by atoms with E-state index in [4.69, 9.17) is 5.11 Å². The Balaban J connectivity index is 2.52. The van der Waals surface area contributed by atoms with Gasteiger partial charge in [-0.1, -0.05) is 12.2 Å². The lowest BCUT2D eigenvalue weighted by Gasteiger charge is -2.21. The number of methoxy groups -OCH3 is 1. The molecule has 0 aliphatic carbocycles. The van der Waals surface area contributed by atoms with Crippen LogP contribution in [0.2, 0.25) is 0 Å². The molecule has 2 rings (SSSR count). The molecule has 16 heavy (non-hydrogen) atoms. The first-order valence-electron chi connectivity index (χ1n) is 4.52. The largest absolute Gasteiger partial charge is 0.465 e. The average molecular weight is 239 g/mol. The maximum Gasteiger partial charge on any atom is 0.412 e. The fourth-order valence-electron chi connectivity index (χ4n) is 1.55. The molecule has 0 aromatic carbocycles. The molecule has 1 amide bonds. The van der Waals surface area contributed by atoms with Crippen LogP contribution in [0.15, 0.2) is 11.5 Å². The van der Waals surface area contributed by atoms with E-state index < -0.39 is 12.1 Å². The number of esters is 1. The first-order chi connectivity index (χ1) is 7.65. The van der Waals surface area contributed by atoms with Crippen molar-refractivity contribution in [3.63, 3.8) is 0 Å². The predicted octanol–water partition coefficient (Wildman–Crippen LogP) is 2.05. The second-order valence-corrected chi connectivity index (χ2v) is 4.04. The Morgan fingerprint density at radius 3 is 2.94 bits per heavy atom. The van der Waals surface area contributed by atoms with Gasteiger partial charge in [0.1, 0.15) is 4.88 Å². The normalized spacial score (nSPS) is 13.4. The van der Waals surface area contributed by atoms with Gasteiger partial charge in [0.2, 0.25) is 0 Å². The summed E-state index contributed by atoms with van der Waals surface area (Å²) in [6.45, 7) is 0.253. The van der Waals surface area contributed by atoms with Gasteiger partial charge in [-0.25, -0.2) is 9.59 Å². The van der Waals surface area contributed by atoms with E-state index in [2.05, 4.69) is 4.74 Å². The van der Waals surface area contributed by atoms with E-state index in [1.54, 1.807) is 17.5 Å². The third kappa shape index (κ3) is 1.57. The van der Waals surface area contributed by atoms with Gasteiger partial charge in [-0.05, 0) is 0 Å². The highest BCUT2D eigenvalue weighted by Crippen LogP contribution is 2.35. The maximum atomic E-state index is 11.5. The number of ether oxygens (including phenoxy) is 1. The first kappa shape index (κ1) is 10.7. The smallest absolute Gasteiger partial charge is 0.412 e. The minimum Gasteiger partial charge on any atom is -0.465 e. The zero-order chi connectivity index (χ0) is 11.7. The molecule has 1 aromatic heterocycles. The number of rotatable bonds is 1. The van der Waals surface area contributed by atoms with E-state index in [0.717, 1.165) is 10.5 Å². The zero-order valence-electron chi connectivity index (χ0n) is 8.47. The van der Waals surface area contributed by atoms with E-state index in [-0.39, 0.29) is 6.54 Å². The van der Waals surface area contributed by atoms with Gasteiger partial charge in [-0.3, -0.25) is 4.90 Å². The molecule has 0 fully saturated rings. The standard InChI is InChI=1S/C10H9NO4S/c1-15-9(12)8-7-6(5-16-8)3-2-4-11(7)10(13)14/h2-3,5H,4H2,1H3,(H,13,14). The fourth-order valence-corrected chi connectivity index (χ4v) is 2.50. The van der Waals surface area contributed by atoms with Crippen LogP contribution in [0.3, 0.4) is 0 Å². The molecule has 0 saturated carbocycles. The Morgan fingerprint density at radius 2 is 2.31 bits per heavy atom. The molecule has 2 heterocycles. The molecule has 5 nitrogen and oxygen atoms in total. The summed E-state index contributed by atoms with van der Waals surface area (Å²) in [5.74, 6) is -0.507. The molecule has 0 bridgehead atoms. The number of carbonyl (C=O) groups is 2. The molecule has 1 aliphatic heterocycles. The average Bonchev–Trinajstić information content (AvgIpc) is 2.71. The Morgan fingerprint density at radius 1 is 1.56 bits per heavy atom. The van der Waals surface area contributed by atoms with Crippen LogP contribution in [0.5, 0.6) is 0 Å². The highest BCUT2D eigenvalue weighted by Gasteiger charge is 2.27. The van der Waals surface area contributed by atoms with Crippen LogP contribution in [0.1, 0.15) is 15.2 Å². The monoisotopic (exact) mass is 239 g/mol. The van der Waals surface area contributed by atoms with Crippen molar-refractivity contribution in [2.24, 2.45) is 0 Å². The summed E-state index contributed by atoms with van der Waals surface area (Å²) < 4.78 is 4.62. The van der Waals surface area contributed by atoms with Gasteiger partial charge in [-0.15, -0.1) is 11.3 Å². The van der Waals surface area contributed by atoms with Crippen molar-refractivity contribution in [3.8, 4) is 0 Å². The summed E-state index contributed by atoms with van der Waals surface area (Å²) in [5, 5.41) is 10.8. The number of hydrogen-bond acceptors (Lipinski definition) is 4. The van der Waals surface area contributed by atoms with E-state index in [1.807, 2.05) is 0 Å². The second-order valence-electron chi connectivity index (χ2n) is 3.16. The summed E-state index contributed by atoms with van der Waals surface area (Å²) in [7, 11) is 1.28. The van der Waals surface area contributed by atoms with Gasteiger partial charge in [0.15, 0.2) is 0 Å². The van der Waals surface area contributed by atoms with Crippen LogP contribution in [0, 0.1) is 0 Å². The minimum atomic E-state index is -1.07. The summed E-state index contributed by atoms with van der Waals surface area (Å²) in [5.41, 5.74) is 1.16.